The van der Waals surface area contributed by atoms with Gasteiger partial charge in [-0.05, 0) is 57.2 Å². The van der Waals surface area contributed by atoms with Crippen LogP contribution < -0.4 is 15.2 Å². The summed E-state index contributed by atoms with van der Waals surface area (Å²) < 4.78 is 11.3. The molecule has 1 heterocycles. The summed E-state index contributed by atoms with van der Waals surface area (Å²) in [5.41, 5.74) is 6.63. The summed E-state index contributed by atoms with van der Waals surface area (Å²) in [5.74, 6) is 1.91. The molecule has 2 rings (SSSR count). The predicted octanol–water partition coefficient (Wildman–Crippen LogP) is 3.07. The molecule has 1 unspecified atom stereocenters. The predicted molar refractivity (Wildman–Crippen MR) is 95.7 cm³/mol. The van der Waals surface area contributed by atoms with Crippen LogP contribution in [0.5, 0.6) is 11.5 Å². The first-order valence-corrected chi connectivity index (χ1v) is 9.01. The van der Waals surface area contributed by atoms with E-state index in [-0.39, 0.29) is 11.9 Å². The summed E-state index contributed by atoms with van der Waals surface area (Å²) in [4.78, 5) is 14.7. The molecular weight excluding hydrogens is 304 g/mol. The van der Waals surface area contributed by atoms with Gasteiger partial charge in [0, 0.05) is 24.7 Å². The number of amides is 1. The average Bonchev–Trinajstić information content (AvgIpc) is 2.60. The van der Waals surface area contributed by atoms with E-state index in [1.165, 1.54) is 0 Å². The summed E-state index contributed by atoms with van der Waals surface area (Å²) in [5, 5.41) is 0. The topological polar surface area (TPSA) is 64.8 Å². The molecule has 1 aromatic rings. The van der Waals surface area contributed by atoms with Crippen molar-refractivity contribution in [1.82, 2.24) is 4.90 Å². The van der Waals surface area contributed by atoms with Gasteiger partial charge in [0.2, 0.25) is 0 Å². The van der Waals surface area contributed by atoms with Crippen LogP contribution in [0.15, 0.2) is 18.2 Å². The van der Waals surface area contributed by atoms with Crippen molar-refractivity contribution in [2.45, 2.75) is 46.1 Å². The van der Waals surface area contributed by atoms with E-state index in [4.69, 9.17) is 15.2 Å². The normalized spacial score (nSPS) is 16.8. The monoisotopic (exact) mass is 334 g/mol. The molecular formula is C19H30N2O3. The zero-order valence-corrected chi connectivity index (χ0v) is 15.1. The second kappa shape index (κ2) is 8.92. The number of rotatable bonds is 7. The van der Waals surface area contributed by atoms with Crippen molar-refractivity contribution in [2.75, 3.05) is 26.3 Å². The molecule has 1 atom stereocenters. The summed E-state index contributed by atoms with van der Waals surface area (Å²) >= 11 is 0. The summed E-state index contributed by atoms with van der Waals surface area (Å²) in [6.07, 6.45) is 2.87. The molecule has 0 aliphatic carbocycles. The van der Waals surface area contributed by atoms with Gasteiger partial charge < -0.3 is 20.1 Å². The van der Waals surface area contributed by atoms with Crippen LogP contribution in [0.3, 0.4) is 0 Å². The van der Waals surface area contributed by atoms with Gasteiger partial charge in [-0.25, -0.2) is 0 Å². The Balaban J connectivity index is 2.07. The van der Waals surface area contributed by atoms with E-state index in [1.54, 1.807) is 6.07 Å². The minimum atomic E-state index is 0.0566. The highest BCUT2D eigenvalue weighted by molar-refractivity contribution is 5.95. The Morgan fingerprint density at radius 1 is 1.25 bits per heavy atom. The molecule has 0 aromatic heterocycles. The number of nitrogens with zero attached hydrogens (tertiary/aromatic N) is 1. The Morgan fingerprint density at radius 3 is 2.54 bits per heavy atom. The van der Waals surface area contributed by atoms with E-state index in [0.29, 0.717) is 36.2 Å². The van der Waals surface area contributed by atoms with Crippen molar-refractivity contribution in [3.63, 3.8) is 0 Å². The number of carbonyl (C=O) groups excluding carboxylic acids is 1. The van der Waals surface area contributed by atoms with Crippen LogP contribution in [-0.2, 0) is 0 Å². The smallest absolute Gasteiger partial charge is 0.253 e. The highest BCUT2D eigenvalue weighted by Crippen LogP contribution is 2.30. The lowest BCUT2D eigenvalue weighted by Gasteiger charge is -2.33. The number of piperidine rings is 1. The summed E-state index contributed by atoms with van der Waals surface area (Å²) in [6, 6.07) is 5.66. The Labute approximate surface area is 145 Å². The maximum Gasteiger partial charge on any atom is 0.253 e. The molecule has 1 saturated heterocycles. The van der Waals surface area contributed by atoms with E-state index < -0.39 is 0 Å². The molecule has 0 radical (unpaired) electrons. The second-order valence-electron chi connectivity index (χ2n) is 6.43. The largest absolute Gasteiger partial charge is 0.490 e. The van der Waals surface area contributed by atoms with E-state index in [1.807, 2.05) is 30.9 Å². The highest BCUT2D eigenvalue weighted by Gasteiger charge is 2.26. The molecule has 2 N–H and O–H groups in total. The highest BCUT2D eigenvalue weighted by atomic mass is 16.5. The number of ether oxygens (including phenoxy) is 2. The van der Waals surface area contributed by atoms with Crippen LogP contribution in [0, 0.1) is 5.92 Å². The minimum absolute atomic E-state index is 0.0566. The first kappa shape index (κ1) is 18.6. The van der Waals surface area contributed by atoms with Crippen LogP contribution in [0.1, 0.15) is 50.4 Å². The number of hydrogen-bond donors (Lipinski definition) is 1. The van der Waals surface area contributed by atoms with E-state index in [2.05, 4.69) is 6.92 Å². The molecule has 0 bridgehead atoms. The van der Waals surface area contributed by atoms with Gasteiger partial charge in [-0.3, -0.25) is 4.79 Å². The van der Waals surface area contributed by atoms with Crippen LogP contribution >= 0.6 is 0 Å². The SMILES string of the molecule is CCCOc1ccc(C(=O)N2CCC(C(C)N)CC2)cc1OCC. The van der Waals surface area contributed by atoms with Gasteiger partial charge in [0.1, 0.15) is 0 Å². The maximum atomic E-state index is 12.8. The van der Waals surface area contributed by atoms with E-state index in [9.17, 15) is 4.79 Å². The molecule has 5 nitrogen and oxygen atoms in total. The van der Waals surface area contributed by atoms with Gasteiger partial charge >= 0.3 is 0 Å². The number of carbonyl (C=O) groups is 1. The molecule has 0 saturated carbocycles. The zero-order valence-electron chi connectivity index (χ0n) is 15.1. The van der Waals surface area contributed by atoms with Crippen molar-refractivity contribution in [3.05, 3.63) is 23.8 Å². The molecule has 1 aromatic carbocycles. The Hall–Kier alpha value is -1.75. The average molecular weight is 334 g/mol. The molecule has 1 aliphatic rings. The lowest BCUT2D eigenvalue weighted by Crippen LogP contribution is -2.42. The van der Waals surface area contributed by atoms with E-state index in [0.717, 1.165) is 32.4 Å². The van der Waals surface area contributed by atoms with Crippen LogP contribution in [0.25, 0.3) is 0 Å². The first-order valence-electron chi connectivity index (χ1n) is 9.01. The third-order valence-electron chi connectivity index (χ3n) is 4.52. The number of likely N-dealkylation sites (tertiary alicyclic amines) is 1. The van der Waals surface area contributed by atoms with Crippen molar-refractivity contribution >= 4 is 5.91 Å². The molecule has 5 heteroatoms. The van der Waals surface area contributed by atoms with Crippen molar-refractivity contribution in [1.29, 1.82) is 0 Å². The van der Waals surface area contributed by atoms with Crippen molar-refractivity contribution in [2.24, 2.45) is 11.7 Å². The van der Waals surface area contributed by atoms with Crippen molar-refractivity contribution in [3.8, 4) is 11.5 Å². The van der Waals surface area contributed by atoms with Gasteiger partial charge in [-0.2, -0.15) is 0 Å². The Bertz CT molecular complexity index is 537. The number of benzene rings is 1. The van der Waals surface area contributed by atoms with Gasteiger partial charge in [-0.15, -0.1) is 0 Å². The maximum absolute atomic E-state index is 12.8. The molecule has 1 amide bonds. The summed E-state index contributed by atoms with van der Waals surface area (Å²) in [6.45, 7) is 8.75. The van der Waals surface area contributed by atoms with Gasteiger partial charge in [0.25, 0.3) is 5.91 Å². The molecule has 1 fully saturated rings. The number of hydrogen-bond acceptors (Lipinski definition) is 4. The fourth-order valence-corrected chi connectivity index (χ4v) is 3.05. The Kier molecular flexibility index (Phi) is 6.91. The fourth-order valence-electron chi connectivity index (χ4n) is 3.05. The lowest BCUT2D eigenvalue weighted by molar-refractivity contribution is 0.0680. The number of nitrogens with two attached hydrogens (primary N) is 1. The third kappa shape index (κ3) is 4.63. The molecule has 24 heavy (non-hydrogen) atoms. The standard InChI is InChI=1S/C19H30N2O3/c1-4-12-24-17-7-6-16(13-18(17)23-5-2)19(22)21-10-8-15(9-11-21)14(3)20/h6-7,13-15H,4-5,8-12,20H2,1-3H3. The zero-order chi connectivity index (χ0) is 17.5. The van der Waals surface area contributed by atoms with Gasteiger partial charge in [0.15, 0.2) is 11.5 Å². The third-order valence-corrected chi connectivity index (χ3v) is 4.52. The lowest BCUT2D eigenvalue weighted by atomic mass is 9.90. The molecule has 1 aliphatic heterocycles. The summed E-state index contributed by atoms with van der Waals surface area (Å²) in [7, 11) is 0. The second-order valence-corrected chi connectivity index (χ2v) is 6.43. The van der Waals surface area contributed by atoms with Gasteiger partial charge in [0.05, 0.1) is 13.2 Å². The van der Waals surface area contributed by atoms with Gasteiger partial charge in [-0.1, -0.05) is 6.92 Å². The van der Waals surface area contributed by atoms with E-state index >= 15 is 0 Å². The molecule has 134 valence electrons. The van der Waals surface area contributed by atoms with Crippen LogP contribution in [0.2, 0.25) is 0 Å². The Morgan fingerprint density at radius 2 is 1.96 bits per heavy atom. The van der Waals surface area contributed by atoms with Crippen LogP contribution in [0.4, 0.5) is 0 Å². The van der Waals surface area contributed by atoms with Crippen LogP contribution in [-0.4, -0.2) is 43.2 Å². The first-order chi connectivity index (χ1) is 11.6. The minimum Gasteiger partial charge on any atom is -0.490 e. The van der Waals surface area contributed by atoms with Crippen molar-refractivity contribution < 1.29 is 14.3 Å². The molecule has 0 spiro atoms. The fraction of sp³-hybridized carbons (Fsp3) is 0.632. The quantitative estimate of drug-likeness (QED) is 0.832.